The van der Waals surface area contributed by atoms with Gasteiger partial charge < -0.3 is 10.4 Å². The number of hydrogen-bond donors (Lipinski definition) is 2. The maximum absolute atomic E-state index is 11.8. The molecule has 0 radical (unpaired) electrons. The van der Waals surface area contributed by atoms with Crippen molar-refractivity contribution < 1.29 is 9.90 Å². The Balaban J connectivity index is 2.46. The van der Waals surface area contributed by atoms with Gasteiger partial charge >= 0.3 is 0 Å². The molecule has 1 rings (SSSR count). The third-order valence-electron chi connectivity index (χ3n) is 3.17. The summed E-state index contributed by atoms with van der Waals surface area (Å²) in [6, 6.07) is 5.22. The van der Waals surface area contributed by atoms with E-state index in [4.69, 9.17) is 28.3 Å². The molecule has 0 fully saturated rings. The highest BCUT2D eigenvalue weighted by Gasteiger charge is 2.14. The van der Waals surface area contributed by atoms with Gasteiger partial charge in [0.2, 0.25) is 5.91 Å². The molecule has 2 N–H and O–H groups in total. The highest BCUT2D eigenvalue weighted by atomic mass is 35.5. The Kier molecular flexibility index (Phi) is 6.63. The molecule has 0 saturated carbocycles. The number of aryl methyl sites for hydroxylation is 1. The number of carbonyl (C=O) groups is 1. The summed E-state index contributed by atoms with van der Waals surface area (Å²) in [6.07, 6.45) is 0.936. The van der Waals surface area contributed by atoms with E-state index in [9.17, 15) is 4.79 Å². The first-order valence-electron chi connectivity index (χ1n) is 6.28. The van der Waals surface area contributed by atoms with Gasteiger partial charge in [-0.25, -0.2) is 0 Å². The monoisotopic (exact) mass is 303 g/mol. The summed E-state index contributed by atoms with van der Waals surface area (Å²) in [7, 11) is 0. The number of halogens is 2. The fraction of sp³-hybridized carbons (Fsp3) is 0.500. The van der Waals surface area contributed by atoms with E-state index in [2.05, 4.69) is 5.32 Å². The summed E-state index contributed by atoms with van der Waals surface area (Å²) in [4.78, 5) is 11.8. The van der Waals surface area contributed by atoms with Crippen molar-refractivity contribution in [3.8, 4) is 0 Å². The van der Waals surface area contributed by atoms with Gasteiger partial charge in [-0.1, -0.05) is 36.2 Å². The van der Waals surface area contributed by atoms with E-state index in [0.717, 1.165) is 5.56 Å². The molecule has 0 aliphatic carbocycles. The number of carbonyl (C=O) groups excluding carboxylic acids is 1. The summed E-state index contributed by atoms with van der Waals surface area (Å²) in [5.74, 6) is 0.00175. The number of aliphatic hydroxyl groups excluding tert-OH is 1. The van der Waals surface area contributed by atoms with Gasteiger partial charge in [0.25, 0.3) is 0 Å². The number of hydrogen-bond acceptors (Lipinski definition) is 2. The molecule has 0 spiro atoms. The Morgan fingerprint density at radius 2 is 2.05 bits per heavy atom. The lowest BCUT2D eigenvalue weighted by Gasteiger charge is -2.19. The van der Waals surface area contributed by atoms with Crippen molar-refractivity contribution >= 4 is 29.1 Å². The molecule has 2 atom stereocenters. The lowest BCUT2D eigenvalue weighted by atomic mass is 10.0. The average molecular weight is 304 g/mol. The molecule has 5 heteroatoms. The molecule has 2 unspecified atom stereocenters. The Morgan fingerprint density at radius 3 is 2.63 bits per heavy atom. The molecule has 0 aromatic heterocycles. The molecular weight excluding hydrogens is 285 g/mol. The zero-order valence-corrected chi connectivity index (χ0v) is 12.6. The van der Waals surface area contributed by atoms with Crippen LogP contribution in [-0.2, 0) is 11.2 Å². The van der Waals surface area contributed by atoms with Crippen LogP contribution in [0.1, 0.15) is 25.8 Å². The minimum absolute atomic E-state index is 0.0428. The number of aliphatic hydroxyl groups is 1. The van der Waals surface area contributed by atoms with Crippen LogP contribution in [-0.4, -0.2) is 23.7 Å². The first-order chi connectivity index (χ1) is 8.93. The predicted molar refractivity (Wildman–Crippen MR) is 78.6 cm³/mol. The molecule has 19 heavy (non-hydrogen) atoms. The molecule has 1 aromatic rings. The molecule has 0 aliphatic heterocycles. The van der Waals surface area contributed by atoms with Crippen molar-refractivity contribution in [2.45, 2.75) is 32.7 Å². The van der Waals surface area contributed by atoms with Gasteiger partial charge in [-0.05, 0) is 37.0 Å². The van der Waals surface area contributed by atoms with Crippen LogP contribution < -0.4 is 5.32 Å². The molecule has 0 heterocycles. The molecule has 1 amide bonds. The van der Waals surface area contributed by atoms with E-state index >= 15 is 0 Å². The second-order valence-electron chi connectivity index (χ2n) is 4.75. The SMILES string of the molecule is CC(CO)C(C)NC(=O)CCc1ccc(Cl)cc1Cl. The van der Waals surface area contributed by atoms with Crippen LogP contribution in [0.25, 0.3) is 0 Å². The summed E-state index contributed by atoms with van der Waals surface area (Å²) in [5.41, 5.74) is 0.907. The van der Waals surface area contributed by atoms with Crippen LogP contribution in [0.4, 0.5) is 0 Å². The van der Waals surface area contributed by atoms with E-state index in [1.54, 1.807) is 12.1 Å². The molecule has 3 nitrogen and oxygen atoms in total. The normalized spacial score (nSPS) is 13.9. The maximum atomic E-state index is 11.8. The van der Waals surface area contributed by atoms with Gasteiger partial charge in [-0.2, -0.15) is 0 Å². The van der Waals surface area contributed by atoms with E-state index in [0.29, 0.717) is 22.9 Å². The Bertz CT molecular complexity index is 437. The summed E-state index contributed by atoms with van der Waals surface area (Å²) in [5, 5.41) is 13.0. The minimum Gasteiger partial charge on any atom is -0.396 e. The zero-order chi connectivity index (χ0) is 14.4. The number of nitrogens with one attached hydrogen (secondary N) is 1. The predicted octanol–water partition coefficient (Wildman–Crippen LogP) is 3.06. The van der Waals surface area contributed by atoms with E-state index in [-0.39, 0.29) is 24.5 Å². The third-order valence-corrected chi connectivity index (χ3v) is 3.75. The van der Waals surface area contributed by atoms with Crippen molar-refractivity contribution in [2.24, 2.45) is 5.92 Å². The molecule has 0 aliphatic rings. The number of rotatable bonds is 6. The first kappa shape index (κ1) is 16.3. The summed E-state index contributed by atoms with van der Waals surface area (Å²) >= 11 is 11.9. The zero-order valence-electron chi connectivity index (χ0n) is 11.1. The van der Waals surface area contributed by atoms with Gasteiger partial charge in [0.1, 0.15) is 0 Å². The standard InChI is InChI=1S/C14H19Cl2NO2/c1-9(8-18)10(2)17-14(19)6-4-11-3-5-12(15)7-13(11)16/h3,5,7,9-10,18H,4,6,8H2,1-2H3,(H,17,19). The fourth-order valence-electron chi connectivity index (χ4n) is 1.60. The van der Waals surface area contributed by atoms with E-state index < -0.39 is 0 Å². The van der Waals surface area contributed by atoms with Crippen LogP contribution in [0, 0.1) is 5.92 Å². The maximum Gasteiger partial charge on any atom is 0.220 e. The van der Waals surface area contributed by atoms with Gasteiger partial charge in [0.15, 0.2) is 0 Å². The smallest absolute Gasteiger partial charge is 0.220 e. The summed E-state index contributed by atoms with van der Waals surface area (Å²) < 4.78 is 0. The topological polar surface area (TPSA) is 49.3 Å². The second-order valence-corrected chi connectivity index (χ2v) is 5.60. The lowest BCUT2D eigenvalue weighted by molar-refractivity contribution is -0.122. The minimum atomic E-state index is -0.0433. The van der Waals surface area contributed by atoms with Gasteiger partial charge in [-0.15, -0.1) is 0 Å². The Morgan fingerprint density at radius 1 is 1.37 bits per heavy atom. The molecule has 106 valence electrons. The van der Waals surface area contributed by atoms with Gasteiger partial charge in [-0.3, -0.25) is 4.79 Å². The number of benzene rings is 1. The van der Waals surface area contributed by atoms with Crippen molar-refractivity contribution in [3.05, 3.63) is 33.8 Å². The van der Waals surface area contributed by atoms with Crippen molar-refractivity contribution in [3.63, 3.8) is 0 Å². The third kappa shape index (κ3) is 5.39. The summed E-state index contributed by atoms with van der Waals surface area (Å²) in [6.45, 7) is 3.83. The largest absolute Gasteiger partial charge is 0.396 e. The Labute approximate surface area is 123 Å². The average Bonchev–Trinajstić information content (AvgIpc) is 2.36. The van der Waals surface area contributed by atoms with Crippen LogP contribution in [0.3, 0.4) is 0 Å². The second kappa shape index (κ2) is 7.73. The highest BCUT2D eigenvalue weighted by Crippen LogP contribution is 2.22. The van der Waals surface area contributed by atoms with Crippen LogP contribution in [0.5, 0.6) is 0 Å². The van der Waals surface area contributed by atoms with Crippen molar-refractivity contribution in [2.75, 3.05) is 6.61 Å². The number of amides is 1. The molecule has 0 saturated heterocycles. The quantitative estimate of drug-likeness (QED) is 0.848. The Hall–Kier alpha value is -0.770. The van der Waals surface area contributed by atoms with Crippen molar-refractivity contribution in [1.82, 2.24) is 5.32 Å². The lowest BCUT2D eigenvalue weighted by Crippen LogP contribution is -2.38. The van der Waals surface area contributed by atoms with Crippen LogP contribution >= 0.6 is 23.2 Å². The van der Waals surface area contributed by atoms with Crippen LogP contribution in [0.15, 0.2) is 18.2 Å². The molecular formula is C14H19Cl2NO2. The first-order valence-corrected chi connectivity index (χ1v) is 7.03. The van der Waals surface area contributed by atoms with E-state index in [1.165, 1.54) is 0 Å². The highest BCUT2D eigenvalue weighted by molar-refractivity contribution is 6.35. The fourth-order valence-corrected chi connectivity index (χ4v) is 2.10. The molecule has 1 aromatic carbocycles. The molecule has 0 bridgehead atoms. The van der Waals surface area contributed by atoms with E-state index in [1.807, 2.05) is 19.9 Å². The van der Waals surface area contributed by atoms with Gasteiger partial charge in [0, 0.05) is 29.1 Å². The van der Waals surface area contributed by atoms with Crippen LogP contribution in [0.2, 0.25) is 10.0 Å². The van der Waals surface area contributed by atoms with Gasteiger partial charge in [0.05, 0.1) is 0 Å². The van der Waals surface area contributed by atoms with Crippen molar-refractivity contribution in [1.29, 1.82) is 0 Å².